The SMILES string of the molecule is Cc1ncc(C=O)c(NC2CCN(Cc3ccccc3)CC2)c1/C=C\C=C/COCC[Si](C)(C)C. The molecule has 5 nitrogen and oxygen atoms in total. The summed E-state index contributed by atoms with van der Waals surface area (Å²) in [6.07, 6.45) is 12.8. The van der Waals surface area contributed by atoms with E-state index in [9.17, 15) is 4.79 Å². The van der Waals surface area contributed by atoms with Crippen LogP contribution in [0.4, 0.5) is 5.69 Å². The minimum atomic E-state index is -1.05. The molecular formula is C29H41N3O2Si. The predicted octanol–water partition coefficient (Wildman–Crippen LogP) is 6.20. The monoisotopic (exact) mass is 491 g/mol. The summed E-state index contributed by atoms with van der Waals surface area (Å²) >= 11 is 0. The molecule has 0 spiro atoms. The van der Waals surface area contributed by atoms with E-state index in [1.54, 1.807) is 6.20 Å². The number of hydrogen-bond acceptors (Lipinski definition) is 5. The second-order valence-corrected chi connectivity index (χ2v) is 16.2. The van der Waals surface area contributed by atoms with Gasteiger partial charge in [-0.05, 0) is 31.4 Å². The van der Waals surface area contributed by atoms with Crippen LogP contribution in [0.2, 0.25) is 25.7 Å². The third-order valence-electron chi connectivity index (χ3n) is 6.38. The van der Waals surface area contributed by atoms with Gasteiger partial charge in [0.2, 0.25) is 0 Å². The van der Waals surface area contributed by atoms with Crippen molar-refractivity contribution in [3.63, 3.8) is 0 Å². The number of benzene rings is 1. The van der Waals surface area contributed by atoms with E-state index in [0.717, 1.165) is 62.3 Å². The molecule has 0 unspecified atom stereocenters. The van der Waals surface area contributed by atoms with Crippen LogP contribution in [0.25, 0.3) is 6.08 Å². The lowest BCUT2D eigenvalue weighted by atomic mass is 10.0. The highest BCUT2D eigenvalue weighted by Gasteiger charge is 2.21. The molecule has 0 aliphatic carbocycles. The number of allylic oxidation sites excluding steroid dienone is 2. The van der Waals surface area contributed by atoms with Crippen molar-refractivity contribution in [1.29, 1.82) is 0 Å². The third-order valence-corrected chi connectivity index (χ3v) is 8.08. The van der Waals surface area contributed by atoms with Crippen molar-refractivity contribution in [3.05, 3.63) is 77.1 Å². The highest BCUT2D eigenvalue weighted by molar-refractivity contribution is 6.76. The summed E-state index contributed by atoms with van der Waals surface area (Å²) in [6.45, 7) is 13.6. The predicted molar refractivity (Wildman–Crippen MR) is 150 cm³/mol. The maximum Gasteiger partial charge on any atom is 0.153 e. The van der Waals surface area contributed by atoms with Crippen molar-refractivity contribution < 1.29 is 9.53 Å². The molecule has 0 bridgehead atoms. The van der Waals surface area contributed by atoms with E-state index >= 15 is 0 Å². The molecule has 2 aromatic rings. The summed E-state index contributed by atoms with van der Waals surface area (Å²) in [4.78, 5) is 18.7. The number of rotatable bonds is 12. The van der Waals surface area contributed by atoms with Crippen LogP contribution in [0, 0.1) is 6.92 Å². The summed E-state index contributed by atoms with van der Waals surface area (Å²) in [5.74, 6) is 0. The Kier molecular flexibility index (Phi) is 10.4. The van der Waals surface area contributed by atoms with Crippen LogP contribution in [0.5, 0.6) is 0 Å². The van der Waals surface area contributed by atoms with E-state index in [0.29, 0.717) is 18.2 Å². The molecule has 0 radical (unpaired) electrons. The molecule has 1 aromatic carbocycles. The van der Waals surface area contributed by atoms with Gasteiger partial charge in [-0.1, -0.05) is 74.3 Å². The molecule has 188 valence electrons. The first-order chi connectivity index (χ1) is 16.9. The standard InChI is InChI=1S/C29H41N3O2Si/c1-24-28(13-9-6-10-18-34-19-20-35(2,3)4)29(26(23-33)21-30-24)31-27-14-16-32(17-15-27)22-25-11-7-5-8-12-25/h5-13,21,23,27H,14-20,22H2,1-4H3,(H,30,31)/b10-6-,13-9-. The Balaban J connectivity index is 1.57. The molecule has 1 N–H and O–H groups in total. The maximum absolute atomic E-state index is 11.8. The van der Waals surface area contributed by atoms with Crippen LogP contribution >= 0.6 is 0 Å². The van der Waals surface area contributed by atoms with E-state index in [4.69, 9.17) is 4.74 Å². The fraction of sp³-hybridized carbons (Fsp3) is 0.448. The second-order valence-electron chi connectivity index (χ2n) is 10.6. The number of nitrogens with one attached hydrogen (secondary N) is 1. The Morgan fingerprint density at radius 2 is 1.89 bits per heavy atom. The minimum absolute atomic E-state index is 0.338. The van der Waals surface area contributed by atoms with Gasteiger partial charge in [-0.25, -0.2) is 0 Å². The Labute approximate surface area is 212 Å². The lowest BCUT2D eigenvalue weighted by Gasteiger charge is -2.33. The van der Waals surface area contributed by atoms with Gasteiger partial charge in [0.05, 0.1) is 17.9 Å². The number of aldehydes is 1. The average molecular weight is 492 g/mol. The minimum Gasteiger partial charge on any atom is -0.381 e. The average Bonchev–Trinajstić information content (AvgIpc) is 2.83. The fourth-order valence-electron chi connectivity index (χ4n) is 4.19. The van der Waals surface area contributed by atoms with Gasteiger partial charge in [0.15, 0.2) is 6.29 Å². The molecule has 1 aromatic heterocycles. The van der Waals surface area contributed by atoms with Gasteiger partial charge in [0.25, 0.3) is 0 Å². The lowest BCUT2D eigenvalue weighted by Crippen LogP contribution is -2.39. The number of anilines is 1. The molecule has 0 saturated carbocycles. The zero-order valence-corrected chi connectivity index (χ0v) is 22.8. The first-order valence-electron chi connectivity index (χ1n) is 12.7. The number of hydrogen-bond donors (Lipinski definition) is 1. The number of pyridine rings is 1. The molecule has 2 heterocycles. The Morgan fingerprint density at radius 3 is 2.57 bits per heavy atom. The van der Waals surface area contributed by atoms with Crippen molar-refractivity contribution in [2.75, 3.05) is 31.6 Å². The van der Waals surface area contributed by atoms with E-state index in [1.165, 1.54) is 11.6 Å². The van der Waals surface area contributed by atoms with Crippen LogP contribution < -0.4 is 5.32 Å². The van der Waals surface area contributed by atoms with Gasteiger partial charge < -0.3 is 10.1 Å². The van der Waals surface area contributed by atoms with Crippen LogP contribution in [-0.4, -0.2) is 56.6 Å². The zero-order chi connectivity index (χ0) is 25.1. The van der Waals surface area contributed by atoms with Gasteiger partial charge in [0, 0.05) is 57.8 Å². The van der Waals surface area contributed by atoms with Gasteiger partial charge in [-0.15, -0.1) is 0 Å². The summed E-state index contributed by atoms with van der Waals surface area (Å²) in [7, 11) is -1.05. The molecular weight excluding hydrogens is 450 g/mol. The molecule has 1 aliphatic rings. The largest absolute Gasteiger partial charge is 0.381 e. The van der Waals surface area contributed by atoms with E-state index in [1.807, 2.05) is 31.2 Å². The molecule has 1 aliphatic heterocycles. The Hall–Kier alpha value is -2.54. The van der Waals surface area contributed by atoms with E-state index in [-0.39, 0.29) is 0 Å². The number of nitrogens with zero attached hydrogens (tertiary/aromatic N) is 2. The lowest BCUT2D eigenvalue weighted by molar-refractivity contribution is 0.112. The second kappa shape index (κ2) is 13.5. The summed E-state index contributed by atoms with van der Waals surface area (Å²) in [5.41, 5.74) is 4.75. The Bertz CT molecular complexity index is 991. The van der Waals surface area contributed by atoms with Crippen LogP contribution in [-0.2, 0) is 11.3 Å². The van der Waals surface area contributed by atoms with E-state index in [2.05, 4.69) is 65.2 Å². The van der Waals surface area contributed by atoms with E-state index < -0.39 is 8.07 Å². The van der Waals surface area contributed by atoms with Crippen molar-refractivity contribution in [1.82, 2.24) is 9.88 Å². The highest BCUT2D eigenvalue weighted by atomic mass is 28.3. The molecule has 1 saturated heterocycles. The number of carbonyl (C=O) groups is 1. The number of carbonyl (C=O) groups excluding carboxylic acids is 1. The van der Waals surface area contributed by atoms with Crippen molar-refractivity contribution in [3.8, 4) is 0 Å². The van der Waals surface area contributed by atoms with Gasteiger partial charge in [0.1, 0.15) is 0 Å². The first-order valence-corrected chi connectivity index (χ1v) is 16.4. The van der Waals surface area contributed by atoms with Crippen LogP contribution in [0.1, 0.15) is 40.0 Å². The summed E-state index contributed by atoms with van der Waals surface area (Å²) in [5, 5.41) is 3.68. The van der Waals surface area contributed by atoms with Crippen molar-refractivity contribution >= 4 is 26.1 Å². The van der Waals surface area contributed by atoms with Crippen molar-refractivity contribution in [2.45, 2.75) is 58.0 Å². The fourth-order valence-corrected chi connectivity index (χ4v) is 4.94. The number of piperidine rings is 1. The summed E-state index contributed by atoms with van der Waals surface area (Å²) < 4.78 is 5.73. The number of aromatic nitrogens is 1. The van der Waals surface area contributed by atoms with Gasteiger partial charge in [-0.2, -0.15) is 0 Å². The van der Waals surface area contributed by atoms with Crippen LogP contribution in [0.3, 0.4) is 0 Å². The Morgan fingerprint density at radius 1 is 1.14 bits per heavy atom. The summed E-state index contributed by atoms with van der Waals surface area (Å²) in [6, 6.07) is 12.2. The molecule has 6 heteroatoms. The number of aryl methyl sites for hydroxylation is 1. The van der Waals surface area contributed by atoms with Gasteiger partial charge in [-0.3, -0.25) is 14.7 Å². The molecule has 35 heavy (non-hydrogen) atoms. The number of likely N-dealkylation sites (tertiary alicyclic amines) is 1. The van der Waals surface area contributed by atoms with Gasteiger partial charge >= 0.3 is 0 Å². The maximum atomic E-state index is 11.8. The molecule has 0 atom stereocenters. The zero-order valence-electron chi connectivity index (χ0n) is 21.8. The topological polar surface area (TPSA) is 54.5 Å². The highest BCUT2D eigenvalue weighted by Crippen LogP contribution is 2.27. The number of ether oxygens (including phenoxy) is 1. The van der Waals surface area contributed by atoms with Crippen molar-refractivity contribution in [2.24, 2.45) is 0 Å². The van der Waals surface area contributed by atoms with Crippen LogP contribution in [0.15, 0.2) is 54.8 Å². The third kappa shape index (κ3) is 9.20. The smallest absolute Gasteiger partial charge is 0.153 e. The quantitative estimate of drug-likeness (QED) is 0.166. The molecule has 1 fully saturated rings. The first kappa shape index (κ1) is 27.1. The molecule has 0 amide bonds. The normalized spacial score (nSPS) is 15.8. The molecule has 3 rings (SSSR count).